The number of carboxylic acids is 1. The van der Waals surface area contributed by atoms with Crippen molar-refractivity contribution >= 4 is 29.2 Å². The van der Waals surface area contributed by atoms with E-state index in [9.17, 15) is 33.0 Å². The van der Waals surface area contributed by atoms with E-state index >= 15 is 0 Å². The molecular weight excluding hydrogens is 508 g/mol. The molecule has 0 aliphatic heterocycles. The van der Waals surface area contributed by atoms with Crippen molar-refractivity contribution in [2.75, 3.05) is 0 Å². The number of carboxylic acid groups (broad SMARTS) is 1. The van der Waals surface area contributed by atoms with Gasteiger partial charge in [0, 0.05) is 28.4 Å². The van der Waals surface area contributed by atoms with E-state index in [1.807, 2.05) is 0 Å². The van der Waals surface area contributed by atoms with Crippen LogP contribution in [0.3, 0.4) is 0 Å². The quantitative estimate of drug-likeness (QED) is 0.377. The Kier molecular flexibility index (Phi) is 7.96. The van der Waals surface area contributed by atoms with Crippen molar-refractivity contribution in [2.24, 2.45) is 7.05 Å². The van der Waals surface area contributed by atoms with E-state index in [0.29, 0.717) is 5.56 Å². The van der Waals surface area contributed by atoms with Crippen molar-refractivity contribution < 1.29 is 28.2 Å². The molecule has 11 heteroatoms. The van der Waals surface area contributed by atoms with Gasteiger partial charge in [0.25, 0.3) is 5.56 Å². The Bertz CT molecular complexity index is 1290. The van der Waals surface area contributed by atoms with Gasteiger partial charge in [0.2, 0.25) is 0 Å². The van der Waals surface area contributed by atoms with Crippen LogP contribution in [0.15, 0.2) is 53.3 Å². The fourth-order valence-electron chi connectivity index (χ4n) is 3.63. The number of aromatic nitrogens is 1. The van der Waals surface area contributed by atoms with E-state index in [1.54, 1.807) is 6.07 Å². The predicted octanol–water partition coefficient (Wildman–Crippen LogP) is 4.96. The Morgan fingerprint density at radius 1 is 1.11 bits per heavy atom. The first kappa shape index (κ1) is 26.7. The monoisotopic (exact) mass is 528 g/mol. The van der Waals surface area contributed by atoms with Crippen molar-refractivity contribution in [2.45, 2.75) is 31.8 Å². The van der Waals surface area contributed by atoms with Crippen LogP contribution in [0.25, 0.3) is 11.1 Å². The Morgan fingerprint density at radius 3 is 2.20 bits per heavy atom. The number of hydrogen-bond donors (Lipinski definition) is 3. The summed E-state index contributed by atoms with van der Waals surface area (Å²) in [6.45, 7) is 1.41. The molecule has 0 saturated heterocycles. The summed E-state index contributed by atoms with van der Waals surface area (Å²) >= 11 is 12.1. The molecule has 0 fully saturated rings. The van der Waals surface area contributed by atoms with E-state index < -0.39 is 41.1 Å². The third-order valence-electron chi connectivity index (χ3n) is 5.59. The van der Waals surface area contributed by atoms with Gasteiger partial charge in [-0.3, -0.25) is 14.9 Å². The van der Waals surface area contributed by atoms with Gasteiger partial charge in [0.15, 0.2) is 0 Å². The highest BCUT2D eigenvalue weighted by Gasteiger charge is 2.36. The zero-order valence-corrected chi connectivity index (χ0v) is 20.0. The first-order chi connectivity index (χ1) is 16.3. The molecule has 0 aliphatic carbocycles. The number of halogens is 5. The molecular formula is C24H21Cl2F3N2O4. The van der Waals surface area contributed by atoms with Gasteiger partial charge in [-0.15, -0.1) is 0 Å². The second-order valence-electron chi connectivity index (χ2n) is 7.93. The average molecular weight is 529 g/mol. The molecule has 0 bridgehead atoms. The first-order valence-electron chi connectivity index (χ1n) is 10.3. The number of rotatable bonds is 7. The number of aryl methyl sites for hydroxylation is 1. The minimum atomic E-state index is -4.74. The van der Waals surface area contributed by atoms with Gasteiger partial charge < -0.3 is 14.8 Å². The number of aliphatic hydroxyl groups is 1. The van der Waals surface area contributed by atoms with Crippen LogP contribution in [0, 0.1) is 6.92 Å². The fraction of sp³-hybridized carbons (Fsp3) is 0.250. The van der Waals surface area contributed by atoms with Gasteiger partial charge in [-0.25, -0.2) is 0 Å². The van der Waals surface area contributed by atoms with Gasteiger partial charge in [-0.05, 0) is 42.7 Å². The Morgan fingerprint density at radius 2 is 1.69 bits per heavy atom. The average Bonchev–Trinajstić information content (AvgIpc) is 2.76. The van der Waals surface area contributed by atoms with Crippen LogP contribution in [0.4, 0.5) is 13.2 Å². The molecule has 2 unspecified atom stereocenters. The minimum absolute atomic E-state index is 0.0457. The van der Waals surface area contributed by atoms with Crippen molar-refractivity contribution in [3.05, 3.63) is 91.3 Å². The molecule has 3 rings (SSSR count). The number of carbonyl (C=O) groups is 1. The summed E-state index contributed by atoms with van der Waals surface area (Å²) in [5.41, 5.74) is -1.56. The van der Waals surface area contributed by atoms with E-state index in [2.05, 4.69) is 5.32 Å². The molecule has 35 heavy (non-hydrogen) atoms. The zero-order chi connectivity index (χ0) is 26.1. The first-order valence-corrected chi connectivity index (χ1v) is 11.0. The van der Waals surface area contributed by atoms with Gasteiger partial charge in [0.1, 0.15) is 12.3 Å². The zero-order valence-electron chi connectivity index (χ0n) is 18.5. The largest absolute Gasteiger partial charge is 0.480 e. The number of aliphatic hydroxyl groups excluding tert-OH is 1. The standard InChI is InChI=1S/C24H21Cl2F3N2O4/c1-12-10-15(24(27,28)29)19(22(33)31(12)2)14-8-6-13(7-9-14)11-18(23(34)35)30-21(32)20-16(25)4-3-5-17(20)26/h3-10,18,21,30,32H,11H2,1-2H3,(H,34,35). The Hall–Kier alpha value is -2.85. The van der Waals surface area contributed by atoms with Crippen LogP contribution in [-0.2, 0) is 24.4 Å². The molecule has 2 aromatic carbocycles. The number of hydrogen-bond acceptors (Lipinski definition) is 4. The van der Waals surface area contributed by atoms with Gasteiger partial charge in [-0.1, -0.05) is 53.5 Å². The maximum atomic E-state index is 13.6. The van der Waals surface area contributed by atoms with E-state index in [1.165, 1.54) is 50.4 Å². The lowest BCUT2D eigenvalue weighted by molar-refractivity contribution is -0.140. The molecule has 0 saturated carbocycles. The summed E-state index contributed by atoms with van der Waals surface area (Å²) in [7, 11) is 1.38. The molecule has 3 aromatic rings. The van der Waals surface area contributed by atoms with Crippen LogP contribution in [0.2, 0.25) is 10.0 Å². The molecule has 0 spiro atoms. The Balaban J connectivity index is 1.89. The normalized spacial score (nSPS) is 13.5. The highest BCUT2D eigenvalue weighted by molar-refractivity contribution is 6.36. The van der Waals surface area contributed by atoms with E-state index in [-0.39, 0.29) is 33.3 Å². The lowest BCUT2D eigenvalue weighted by Gasteiger charge is -2.21. The topological polar surface area (TPSA) is 91.6 Å². The second kappa shape index (κ2) is 10.4. The van der Waals surface area contributed by atoms with Crippen LogP contribution in [0.5, 0.6) is 0 Å². The molecule has 0 amide bonds. The van der Waals surface area contributed by atoms with Crippen LogP contribution >= 0.6 is 23.2 Å². The number of alkyl halides is 3. The lowest BCUT2D eigenvalue weighted by atomic mass is 9.97. The second-order valence-corrected chi connectivity index (χ2v) is 8.75. The highest BCUT2D eigenvalue weighted by Crippen LogP contribution is 2.36. The smallest absolute Gasteiger partial charge is 0.417 e. The van der Waals surface area contributed by atoms with E-state index in [0.717, 1.165) is 10.6 Å². The van der Waals surface area contributed by atoms with Crippen LogP contribution in [0.1, 0.15) is 28.6 Å². The molecule has 2 atom stereocenters. The number of nitrogens with one attached hydrogen (secondary N) is 1. The molecule has 186 valence electrons. The summed E-state index contributed by atoms with van der Waals surface area (Å²) < 4.78 is 42.0. The molecule has 0 radical (unpaired) electrons. The third-order valence-corrected chi connectivity index (χ3v) is 6.25. The van der Waals surface area contributed by atoms with Crippen LogP contribution < -0.4 is 10.9 Å². The number of aliphatic carboxylic acids is 1. The molecule has 6 nitrogen and oxygen atoms in total. The Labute approximate surface area is 208 Å². The molecule has 1 heterocycles. The molecule has 3 N–H and O–H groups in total. The minimum Gasteiger partial charge on any atom is -0.480 e. The highest BCUT2D eigenvalue weighted by atomic mass is 35.5. The lowest BCUT2D eigenvalue weighted by Crippen LogP contribution is -2.41. The summed E-state index contributed by atoms with van der Waals surface area (Å²) in [4.78, 5) is 24.4. The van der Waals surface area contributed by atoms with Crippen LogP contribution in [-0.4, -0.2) is 26.8 Å². The van der Waals surface area contributed by atoms with Gasteiger partial charge in [-0.2, -0.15) is 13.2 Å². The number of nitrogens with zero attached hydrogens (tertiary/aromatic N) is 1. The number of pyridine rings is 1. The summed E-state index contributed by atoms with van der Waals surface area (Å²) in [5.74, 6) is -1.27. The SMILES string of the molecule is Cc1cc(C(F)(F)F)c(-c2ccc(CC(NC(O)c3c(Cl)cccc3Cl)C(=O)O)cc2)c(=O)n1C. The van der Waals surface area contributed by atoms with Gasteiger partial charge in [0.05, 0.1) is 11.1 Å². The predicted molar refractivity (Wildman–Crippen MR) is 127 cm³/mol. The number of benzene rings is 2. The maximum absolute atomic E-state index is 13.6. The fourth-order valence-corrected chi connectivity index (χ4v) is 4.23. The summed E-state index contributed by atoms with van der Waals surface area (Å²) in [5, 5.41) is 22.9. The summed E-state index contributed by atoms with van der Waals surface area (Å²) in [6, 6.07) is 9.72. The van der Waals surface area contributed by atoms with Crippen molar-refractivity contribution in [1.29, 1.82) is 0 Å². The van der Waals surface area contributed by atoms with Crippen molar-refractivity contribution in [1.82, 2.24) is 9.88 Å². The third kappa shape index (κ3) is 5.87. The van der Waals surface area contributed by atoms with Crippen molar-refractivity contribution in [3.8, 4) is 11.1 Å². The molecule has 0 aliphatic rings. The van der Waals surface area contributed by atoms with Gasteiger partial charge >= 0.3 is 12.1 Å². The summed E-state index contributed by atoms with van der Waals surface area (Å²) in [6.07, 6.45) is -6.34. The van der Waals surface area contributed by atoms with E-state index in [4.69, 9.17) is 23.2 Å². The van der Waals surface area contributed by atoms with Crippen molar-refractivity contribution in [3.63, 3.8) is 0 Å². The maximum Gasteiger partial charge on any atom is 0.417 e. The molecule has 1 aromatic heterocycles.